The maximum absolute atomic E-state index is 14.4. The van der Waals surface area contributed by atoms with Crippen molar-refractivity contribution in [1.82, 2.24) is 35.1 Å². The van der Waals surface area contributed by atoms with Gasteiger partial charge >= 0.3 is 0 Å². The highest BCUT2D eigenvalue weighted by atomic mass is 16.5. The highest BCUT2D eigenvalue weighted by Crippen LogP contribution is 2.42. The summed E-state index contributed by atoms with van der Waals surface area (Å²) in [6.45, 7) is 27.3. The molecule has 4 atom stereocenters. The molecule has 2 aromatic carbocycles. The van der Waals surface area contributed by atoms with E-state index in [9.17, 15) is 24.0 Å². The van der Waals surface area contributed by atoms with Crippen LogP contribution in [-0.4, -0.2) is 114 Å². The number of nitrogens with one attached hydrogen (secondary N) is 2. The number of benzene rings is 2. The fourth-order valence-corrected chi connectivity index (χ4v) is 9.22. The van der Waals surface area contributed by atoms with Crippen LogP contribution in [0, 0.1) is 29.1 Å². The minimum absolute atomic E-state index is 0.166. The van der Waals surface area contributed by atoms with Crippen molar-refractivity contribution in [2.24, 2.45) is 17.3 Å². The summed E-state index contributed by atoms with van der Waals surface area (Å²) in [7, 11) is 3.41. The smallest absolute Gasteiger partial charge is 0.298 e. The second-order valence-electron chi connectivity index (χ2n) is 19.3. The average molecular weight is 992 g/mol. The summed E-state index contributed by atoms with van der Waals surface area (Å²) in [5.74, 6) is 4.28. The molecule has 4 aromatic rings. The van der Waals surface area contributed by atoms with Gasteiger partial charge in [0.05, 0.1) is 24.1 Å². The Morgan fingerprint density at radius 2 is 1.67 bits per heavy atom. The largest absolute Gasteiger partial charge is 0.467 e. The van der Waals surface area contributed by atoms with Gasteiger partial charge in [0.1, 0.15) is 12.1 Å². The first-order valence-corrected chi connectivity index (χ1v) is 26.1. The van der Waals surface area contributed by atoms with Crippen molar-refractivity contribution in [2.75, 3.05) is 46.9 Å². The van der Waals surface area contributed by atoms with Crippen LogP contribution in [0.3, 0.4) is 0 Å². The van der Waals surface area contributed by atoms with Crippen LogP contribution < -0.4 is 10.7 Å². The Morgan fingerprint density at radius 1 is 0.958 bits per heavy atom. The van der Waals surface area contributed by atoms with Gasteiger partial charge in [-0.05, 0) is 117 Å². The Kier molecular flexibility index (Phi) is 25.2. The van der Waals surface area contributed by atoms with Crippen LogP contribution in [0.15, 0.2) is 60.8 Å². The predicted octanol–water partition coefficient (Wildman–Crippen LogP) is 9.43. The fraction of sp³-hybridized carbons (Fsp3) is 0.552. The molecule has 14 heteroatoms. The van der Waals surface area contributed by atoms with Crippen molar-refractivity contribution in [1.29, 1.82) is 0 Å². The Morgan fingerprint density at radius 3 is 2.29 bits per heavy atom. The van der Waals surface area contributed by atoms with Gasteiger partial charge in [0.25, 0.3) is 18.3 Å². The van der Waals surface area contributed by atoms with E-state index < -0.39 is 17.5 Å². The Bertz CT molecular complexity index is 2430. The first kappa shape index (κ1) is 60.3. The summed E-state index contributed by atoms with van der Waals surface area (Å²) in [6.07, 6.45) is 6.24. The molecule has 72 heavy (non-hydrogen) atoms. The molecule has 0 radical (unpaired) electrons. The third-order valence-corrected chi connectivity index (χ3v) is 13.0. The van der Waals surface area contributed by atoms with Crippen LogP contribution in [-0.2, 0) is 52.8 Å². The summed E-state index contributed by atoms with van der Waals surface area (Å²) in [5.41, 5.74) is 10.7. The molecule has 5 rings (SSSR count). The number of pyridine rings is 1. The van der Waals surface area contributed by atoms with E-state index in [0.717, 1.165) is 75.8 Å². The van der Waals surface area contributed by atoms with Crippen LogP contribution in [0.1, 0.15) is 132 Å². The quantitative estimate of drug-likeness (QED) is 0.0516. The van der Waals surface area contributed by atoms with Crippen LogP contribution in [0.4, 0.5) is 0 Å². The molecular formula is C58H85N7O7. The van der Waals surface area contributed by atoms with Gasteiger partial charge in [-0.3, -0.25) is 34.0 Å². The number of nitrogens with zero attached hydrogens (tertiary/aromatic N) is 5. The van der Waals surface area contributed by atoms with E-state index >= 15 is 0 Å². The second-order valence-corrected chi connectivity index (χ2v) is 19.3. The molecular weight excluding hydrogens is 907 g/mol. The van der Waals surface area contributed by atoms with Crippen LogP contribution >= 0.6 is 0 Å². The molecule has 4 unspecified atom stereocenters. The Balaban J connectivity index is 0.00000334. The molecule has 0 bridgehead atoms. The van der Waals surface area contributed by atoms with E-state index in [4.69, 9.17) is 14.5 Å². The summed E-state index contributed by atoms with van der Waals surface area (Å²) < 4.78 is 13.5. The van der Waals surface area contributed by atoms with E-state index in [-0.39, 0.29) is 48.7 Å². The summed E-state index contributed by atoms with van der Waals surface area (Å²) >= 11 is 0. The minimum atomic E-state index is -0.912. The molecule has 0 spiro atoms. The monoisotopic (exact) mass is 992 g/mol. The number of hydrogen-bond donors (Lipinski definition) is 2. The maximum atomic E-state index is 14.4. The zero-order valence-electron chi connectivity index (χ0n) is 45.9. The zero-order valence-corrected chi connectivity index (χ0v) is 45.9. The number of carbonyl (C=O) groups excluding carboxylic acids is 5. The molecule has 0 aliphatic carbocycles. The number of aryl methyl sites for hydroxylation is 1. The standard InChI is InChI=1S/C54H73N7O7.2C2H6/c1-11-17-48(64)58(9)28-23-38(5)24-29-59(35-62)50(37(3)4)52(65)57-46(53(66)61-27-14-13-26-56-61)31-40-18-15-19-41(30-40)42-21-22-47-44(32-42)45(33-54(7,8)34-68-36-63)51(60(47)12-2)43-20-16-25-55-49(43)39(6)67-10;2*1-2/h15-16,18-22,25,30,32,35-39,46,50,56H,12-14,23-24,26-29,31,33-34H2,1-10H3,(H,57,65);2*1-2H3. The molecule has 1 aliphatic heterocycles. The van der Waals surface area contributed by atoms with E-state index in [1.807, 2.05) is 66.7 Å². The van der Waals surface area contributed by atoms with Gasteiger partial charge in [-0.25, -0.2) is 5.43 Å². The number of hydrazine groups is 1. The lowest BCUT2D eigenvalue weighted by molar-refractivity contribution is -0.142. The lowest BCUT2D eigenvalue weighted by atomic mass is 9.84. The summed E-state index contributed by atoms with van der Waals surface area (Å²) in [4.78, 5) is 72.9. The van der Waals surface area contributed by atoms with Gasteiger partial charge in [0.15, 0.2) is 0 Å². The van der Waals surface area contributed by atoms with Crippen LogP contribution in [0.25, 0.3) is 33.3 Å². The maximum Gasteiger partial charge on any atom is 0.298 e. The highest BCUT2D eigenvalue weighted by Gasteiger charge is 2.34. The average Bonchev–Trinajstić information content (AvgIpc) is 3.70. The molecule has 1 fully saturated rings. The lowest BCUT2D eigenvalue weighted by Crippen LogP contribution is -2.59. The normalized spacial score (nSPS) is 14.0. The minimum Gasteiger partial charge on any atom is -0.467 e. The molecule has 1 saturated heterocycles. The zero-order chi connectivity index (χ0) is 53.5. The lowest BCUT2D eigenvalue weighted by Gasteiger charge is -2.34. The van der Waals surface area contributed by atoms with Crippen molar-refractivity contribution in [3.8, 4) is 34.2 Å². The number of fused-ring (bicyclic) bond motifs is 1. The summed E-state index contributed by atoms with van der Waals surface area (Å²) in [5, 5.41) is 5.79. The highest BCUT2D eigenvalue weighted by molar-refractivity contribution is 5.96. The molecule has 3 heterocycles. The number of amides is 4. The van der Waals surface area contributed by atoms with E-state index in [1.165, 1.54) is 0 Å². The molecule has 2 aromatic heterocycles. The molecule has 4 amide bonds. The number of hydrogen-bond acceptors (Lipinski definition) is 9. The van der Waals surface area contributed by atoms with Crippen molar-refractivity contribution in [3.05, 3.63) is 77.6 Å². The SMILES string of the molecule is CC.CC.CC#CC(=O)N(C)CCC(C)CCN(C=O)C(C(=O)NC(Cc1cccc(-c2ccc3c(c2)c(CC(C)(C)COC=O)c(-c2cccnc2C(C)OC)n3CC)c1)C(=O)N1CCCCN1)C(C)C. The molecule has 0 saturated carbocycles. The van der Waals surface area contributed by atoms with E-state index in [1.54, 1.807) is 42.1 Å². The number of carbonyl (C=O) groups is 5. The van der Waals surface area contributed by atoms with Crippen molar-refractivity contribution in [2.45, 2.75) is 146 Å². The third-order valence-electron chi connectivity index (χ3n) is 13.0. The van der Waals surface area contributed by atoms with Crippen molar-refractivity contribution in [3.63, 3.8) is 0 Å². The van der Waals surface area contributed by atoms with Crippen LogP contribution in [0.2, 0.25) is 0 Å². The van der Waals surface area contributed by atoms with Crippen molar-refractivity contribution >= 4 is 41.5 Å². The van der Waals surface area contributed by atoms with Gasteiger partial charge in [0, 0.05) is 81.4 Å². The fourth-order valence-electron chi connectivity index (χ4n) is 9.22. The van der Waals surface area contributed by atoms with E-state index in [0.29, 0.717) is 52.0 Å². The third kappa shape index (κ3) is 16.2. The number of ether oxygens (including phenoxy) is 2. The number of aromatic nitrogens is 2. The first-order chi connectivity index (χ1) is 34.6. The number of methoxy groups -OCH3 is 1. The van der Waals surface area contributed by atoms with Crippen molar-refractivity contribution < 1.29 is 33.4 Å². The van der Waals surface area contributed by atoms with Crippen LogP contribution in [0.5, 0.6) is 0 Å². The Labute approximate surface area is 430 Å². The topological polar surface area (TPSA) is 155 Å². The molecule has 2 N–H and O–H groups in total. The Hall–Kier alpha value is -6.04. The molecule has 394 valence electrons. The number of rotatable bonds is 24. The molecule has 1 aliphatic rings. The molecule has 14 nitrogen and oxygen atoms in total. The summed E-state index contributed by atoms with van der Waals surface area (Å²) in [6, 6.07) is 16.9. The van der Waals surface area contributed by atoms with E-state index in [2.05, 4.69) is 91.2 Å². The van der Waals surface area contributed by atoms with Gasteiger partial charge in [-0.1, -0.05) is 98.6 Å². The predicted molar refractivity (Wildman–Crippen MR) is 289 cm³/mol. The van der Waals surface area contributed by atoms with Gasteiger partial charge in [0.2, 0.25) is 12.3 Å². The van der Waals surface area contributed by atoms with Gasteiger partial charge in [-0.2, -0.15) is 0 Å². The van der Waals surface area contributed by atoms with Gasteiger partial charge in [-0.15, -0.1) is 0 Å². The second kappa shape index (κ2) is 30.1. The van der Waals surface area contributed by atoms with Gasteiger partial charge < -0.3 is 29.2 Å². The first-order valence-electron chi connectivity index (χ1n) is 26.1.